The van der Waals surface area contributed by atoms with Crippen LogP contribution in [0.25, 0.3) is 10.9 Å². The van der Waals surface area contributed by atoms with Crippen LogP contribution in [0.4, 0.5) is 0 Å². The normalized spacial score (nSPS) is 12.0. The summed E-state index contributed by atoms with van der Waals surface area (Å²) in [5, 5.41) is 1.49. The summed E-state index contributed by atoms with van der Waals surface area (Å²) in [6.45, 7) is 2.19. The largest absolute Gasteiger partial charge is 0.465 e. The molecule has 1 aromatic heterocycles. The fourth-order valence-electron chi connectivity index (χ4n) is 2.33. The SMILES string of the molecule is CCOC(=O)C(Sc1ccc2ccccc2n1)c1ccccc1. The first kappa shape index (κ1) is 15.6. The Hall–Kier alpha value is -2.33. The molecule has 1 atom stereocenters. The number of nitrogens with zero attached hydrogens (tertiary/aromatic N) is 1. The Morgan fingerprint density at radius 1 is 1.04 bits per heavy atom. The molecule has 1 unspecified atom stereocenters. The molecule has 1 heterocycles. The first-order chi connectivity index (χ1) is 11.3. The summed E-state index contributed by atoms with van der Waals surface area (Å²) in [6, 6.07) is 21.6. The summed E-state index contributed by atoms with van der Waals surface area (Å²) in [7, 11) is 0. The molecule has 0 N–H and O–H groups in total. The standard InChI is InChI=1S/C19H17NO2S/c1-2-22-19(21)18(15-9-4-3-5-10-15)23-17-13-12-14-8-6-7-11-16(14)20-17/h3-13,18H,2H2,1H3. The van der Waals surface area contributed by atoms with Crippen LogP contribution in [0.15, 0.2) is 71.8 Å². The molecule has 0 amide bonds. The van der Waals surface area contributed by atoms with Gasteiger partial charge in [0.05, 0.1) is 17.1 Å². The van der Waals surface area contributed by atoms with Gasteiger partial charge in [-0.2, -0.15) is 0 Å². The lowest BCUT2D eigenvalue weighted by Gasteiger charge is -2.15. The van der Waals surface area contributed by atoms with Crippen molar-refractivity contribution in [3.8, 4) is 0 Å². The Labute approximate surface area is 139 Å². The fourth-order valence-corrected chi connectivity index (χ4v) is 3.33. The minimum absolute atomic E-state index is 0.237. The Kier molecular flexibility index (Phi) is 4.93. The second-order valence-corrected chi connectivity index (χ2v) is 6.13. The summed E-state index contributed by atoms with van der Waals surface area (Å²) in [5.41, 5.74) is 1.85. The van der Waals surface area contributed by atoms with E-state index in [0.29, 0.717) is 6.61 Å². The molecule has 116 valence electrons. The summed E-state index contributed by atoms with van der Waals surface area (Å²) in [5.74, 6) is -0.237. The van der Waals surface area contributed by atoms with Gasteiger partial charge in [-0.1, -0.05) is 66.4 Å². The molecule has 3 nitrogen and oxygen atoms in total. The van der Waals surface area contributed by atoms with Gasteiger partial charge in [0.2, 0.25) is 0 Å². The highest BCUT2D eigenvalue weighted by Gasteiger charge is 2.23. The number of fused-ring (bicyclic) bond motifs is 1. The summed E-state index contributed by atoms with van der Waals surface area (Å²) >= 11 is 1.42. The van der Waals surface area contributed by atoms with Crippen molar-refractivity contribution in [2.75, 3.05) is 6.61 Å². The molecule has 4 heteroatoms. The van der Waals surface area contributed by atoms with Crippen molar-refractivity contribution in [2.24, 2.45) is 0 Å². The monoisotopic (exact) mass is 323 g/mol. The van der Waals surface area contributed by atoms with E-state index in [2.05, 4.69) is 4.98 Å². The molecule has 2 aromatic carbocycles. The van der Waals surface area contributed by atoms with Gasteiger partial charge in [0.1, 0.15) is 5.25 Å². The molecule has 0 radical (unpaired) electrons. The zero-order valence-corrected chi connectivity index (χ0v) is 13.6. The van der Waals surface area contributed by atoms with Gasteiger partial charge < -0.3 is 4.74 Å². The minimum atomic E-state index is -0.412. The highest BCUT2D eigenvalue weighted by atomic mass is 32.2. The van der Waals surface area contributed by atoms with E-state index in [0.717, 1.165) is 21.5 Å². The lowest BCUT2D eigenvalue weighted by atomic mass is 10.1. The average Bonchev–Trinajstić information content (AvgIpc) is 2.60. The molecule has 0 saturated heterocycles. The molecule has 0 aliphatic rings. The van der Waals surface area contributed by atoms with Gasteiger partial charge in [-0.3, -0.25) is 4.79 Å². The highest BCUT2D eigenvalue weighted by Crippen LogP contribution is 2.35. The second-order valence-electron chi connectivity index (χ2n) is 5.00. The van der Waals surface area contributed by atoms with Gasteiger partial charge in [0.15, 0.2) is 0 Å². The van der Waals surface area contributed by atoms with Crippen LogP contribution in [0, 0.1) is 0 Å². The number of pyridine rings is 1. The number of hydrogen-bond donors (Lipinski definition) is 0. The molecule has 0 spiro atoms. The Morgan fingerprint density at radius 3 is 2.57 bits per heavy atom. The number of aromatic nitrogens is 1. The third-order valence-electron chi connectivity index (χ3n) is 3.41. The number of para-hydroxylation sites is 1. The van der Waals surface area contributed by atoms with Crippen LogP contribution in [0.3, 0.4) is 0 Å². The maximum Gasteiger partial charge on any atom is 0.324 e. The number of ether oxygens (including phenoxy) is 1. The summed E-state index contributed by atoms with van der Waals surface area (Å²) in [6.07, 6.45) is 0. The van der Waals surface area contributed by atoms with Crippen molar-refractivity contribution >= 4 is 28.6 Å². The number of carbonyl (C=O) groups excluding carboxylic acids is 1. The Balaban J connectivity index is 1.91. The molecule has 23 heavy (non-hydrogen) atoms. The quantitative estimate of drug-likeness (QED) is 0.507. The number of hydrogen-bond acceptors (Lipinski definition) is 4. The van der Waals surface area contributed by atoms with Gasteiger partial charge >= 0.3 is 5.97 Å². The van der Waals surface area contributed by atoms with E-state index in [-0.39, 0.29) is 5.97 Å². The predicted molar refractivity (Wildman–Crippen MR) is 93.4 cm³/mol. The molecule has 0 fully saturated rings. The molecule has 3 aromatic rings. The molecule has 0 bridgehead atoms. The predicted octanol–water partition coefficient (Wildman–Crippen LogP) is 4.63. The van der Waals surface area contributed by atoms with Crippen molar-refractivity contribution in [2.45, 2.75) is 17.2 Å². The lowest BCUT2D eigenvalue weighted by molar-refractivity contribution is -0.142. The summed E-state index contributed by atoms with van der Waals surface area (Å²) in [4.78, 5) is 17.0. The van der Waals surface area contributed by atoms with Gasteiger partial charge in [0, 0.05) is 5.39 Å². The molecule has 0 aliphatic heterocycles. The van der Waals surface area contributed by atoms with Crippen molar-refractivity contribution in [3.05, 3.63) is 72.3 Å². The van der Waals surface area contributed by atoms with Crippen LogP contribution in [0.2, 0.25) is 0 Å². The van der Waals surface area contributed by atoms with E-state index < -0.39 is 5.25 Å². The van der Waals surface area contributed by atoms with Crippen LogP contribution in [0.1, 0.15) is 17.7 Å². The van der Waals surface area contributed by atoms with E-state index in [4.69, 9.17) is 4.74 Å². The molecular formula is C19H17NO2S. The van der Waals surface area contributed by atoms with Gasteiger partial charge in [-0.15, -0.1) is 0 Å². The number of rotatable bonds is 5. The van der Waals surface area contributed by atoms with Crippen molar-refractivity contribution in [1.82, 2.24) is 4.98 Å². The Bertz CT molecular complexity index is 805. The maximum atomic E-state index is 12.3. The smallest absolute Gasteiger partial charge is 0.324 e. The van der Waals surface area contributed by atoms with Crippen LogP contribution >= 0.6 is 11.8 Å². The van der Waals surface area contributed by atoms with Gasteiger partial charge in [-0.05, 0) is 24.6 Å². The third kappa shape index (κ3) is 3.71. The molecule has 3 rings (SSSR count). The second kappa shape index (κ2) is 7.29. The van der Waals surface area contributed by atoms with Crippen LogP contribution in [0.5, 0.6) is 0 Å². The number of carbonyl (C=O) groups is 1. The summed E-state index contributed by atoms with van der Waals surface area (Å²) < 4.78 is 5.23. The Morgan fingerprint density at radius 2 is 1.78 bits per heavy atom. The first-order valence-corrected chi connectivity index (χ1v) is 8.40. The number of thioether (sulfide) groups is 1. The first-order valence-electron chi connectivity index (χ1n) is 7.52. The zero-order valence-electron chi connectivity index (χ0n) is 12.8. The number of esters is 1. The maximum absolute atomic E-state index is 12.3. The van der Waals surface area contributed by atoms with E-state index in [1.807, 2.05) is 73.7 Å². The van der Waals surface area contributed by atoms with E-state index >= 15 is 0 Å². The third-order valence-corrected chi connectivity index (χ3v) is 4.58. The number of benzene rings is 2. The van der Waals surface area contributed by atoms with E-state index in [1.165, 1.54) is 11.8 Å². The zero-order chi connectivity index (χ0) is 16.1. The van der Waals surface area contributed by atoms with Crippen molar-refractivity contribution in [1.29, 1.82) is 0 Å². The van der Waals surface area contributed by atoms with Crippen molar-refractivity contribution in [3.63, 3.8) is 0 Å². The van der Waals surface area contributed by atoms with Crippen LogP contribution in [-0.4, -0.2) is 17.6 Å². The van der Waals surface area contributed by atoms with Crippen LogP contribution in [-0.2, 0) is 9.53 Å². The average molecular weight is 323 g/mol. The van der Waals surface area contributed by atoms with Crippen LogP contribution < -0.4 is 0 Å². The van der Waals surface area contributed by atoms with Crippen molar-refractivity contribution < 1.29 is 9.53 Å². The van der Waals surface area contributed by atoms with E-state index in [9.17, 15) is 4.79 Å². The molecule has 0 saturated carbocycles. The lowest BCUT2D eigenvalue weighted by Crippen LogP contribution is -2.13. The highest BCUT2D eigenvalue weighted by molar-refractivity contribution is 8.00. The topological polar surface area (TPSA) is 39.2 Å². The van der Waals surface area contributed by atoms with Gasteiger partial charge in [-0.25, -0.2) is 4.98 Å². The molecular weight excluding hydrogens is 306 g/mol. The van der Waals surface area contributed by atoms with E-state index in [1.54, 1.807) is 0 Å². The minimum Gasteiger partial charge on any atom is -0.465 e. The fraction of sp³-hybridized carbons (Fsp3) is 0.158. The van der Waals surface area contributed by atoms with Gasteiger partial charge in [0.25, 0.3) is 0 Å². The molecule has 0 aliphatic carbocycles.